The van der Waals surface area contributed by atoms with Gasteiger partial charge < -0.3 is 14.6 Å². The number of aryl methyl sites for hydroxylation is 1. The molecule has 0 spiro atoms. The minimum absolute atomic E-state index is 0.232. The van der Waals surface area contributed by atoms with Gasteiger partial charge in [-0.2, -0.15) is 5.10 Å². The van der Waals surface area contributed by atoms with Gasteiger partial charge in [0.05, 0.1) is 5.69 Å². The predicted molar refractivity (Wildman–Crippen MR) is 79.6 cm³/mol. The minimum Gasteiger partial charge on any atom is -0.377 e. The number of ether oxygens (including phenoxy) is 1. The van der Waals surface area contributed by atoms with Crippen molar-refractivity contribution in [3.8, 4) is 0 Å². The summed E-state index contributed by atoms with van der Waals surface area (Å²) in [7, 11) is 3.38. The van der Waals surface area contributed by atoms with E-state index in [1.165, 1.54) is 25.7 Å². The van der Waals surface area contributed by atoms with Gasteiger partial charge in [0.25, 0.3) is 5.91 Å². The van der Waals surface area contributed by atoms with Crippen LogP contribution in [0.15, 0.2) is 16.7 Å². The Bertz CT molecular complexity index is 656. The molecule has 2 aromatic rings. The molecule has 1 fully saturated rings. The third-order valence-electron chi connectivity index (χ3n) is 3.99. The van der Waals surface area contributed by atoms with Gasteiger partial charge in [-0.15, -0.1) is 0 Å². The summed E-state index contributed by atoms with van der Waals surface area (Å²) < 4.78 is 11.7. The zero-order valence-electron chi connectivity index (χ0n) is 12.8. The molecule has 0 saturated heterocycles. The number of rotatable bonds is 5. The van der Waals surface area contributed by atoms with Crippen molar-refractivity contribution in [3.63, 3.8) is 0 Å². The molecule has 1 saturated carbocycles. The second kappa shape index (κ2) is 6.31. The summed E-state index contributed by atoms with van der Waals surface area (Å²) in [5.74, 6) is 1.39. The Balaban J connectivity index is 1.70. The highest BCUT2D eigenvalue weighted by molar-refractivity contribution is 6.02. The Morgan fingerprint density at radius 3 is 2.95 bits per heavy atom. The number of carbonyl (C=O) groups is 1. The maximum absolute atomic E-state index is 12.2. The van der Waals surface area contributed by atoms with E-state index in [4.69, 9.17) is 9.26 Å². The third kappa shape index (κ3) is 3.04. The molecule has 1 aliphatic carbocycles. The lowest BCUT2D eigenvalue weighted by molar-refractivity contribution is 0.101. The van der Waals surface area contributed by atoms with E-state index in [0.29, 0.717) is 17.5 Å². The van der Waals surface area contributed by atoms with E-state index in [2.05, 4.69) is 15.6 Å². The number of hydrogen-bond acceptors (Lipinski definition) is 5. The van der Waals surface area contributed by atoms with Gasteiger partial charge >= 0.3 is 0 Å². The summed E-state index contributed by atoms with van der Waals surface area (Å²) in [4.78, 5) is 12.2. The van der Waals surface area contributed by atoms with Crippen LogP contribution in [0.5, 0.6) is 0 Å². The van der Waals surface area contributed by atoms with Gasteiger partial charge in [-0.1, -0.05) is 18.0 Å². The molecule has 1 aliphatic rings. The van der Waals surface area contributed by atoms with Crippen LogP contribution in [0.1, 0.15) is 53.5 Å². The molecule has 7 heteroatoms. The Hall–Kier alpha value is -2.15. The van der Waals surface area contributed by atoms with E-state index in [-0.39, 0.29) is 18.2 Å². The van der Waals surface area contributed by atoms with Crippen molar-refractivity contribution in [2.45, 2.75) is 38.2 Å². The molecular formula is C15H20N4O3. The van der Waals surface area contributed by atoms with Gasteiger partial charge in [-0.25, -0.2) is 0 Å². The van der Waals surface area contributed by atoms with E-state index in [9.17, 15) is 4.79 Å². The first-order valence-electron chi connectivity index (χ1n) is 7.47. The maximum Gasteiger partial charge on any atom is 0.278 e. The van der Waals surface area contributed by atoms with E-state index in [0.717, 1.165) is 5.69 Å². The summed E-state index contributed by atoms with van der Waals surface area (Å²) in [5, 5.41) is 11.1. The van der Waals surface area contributed by atoms with Gasteiger partial charge in [0.15, 0.2) is 11.5 Å². The third-order valence-corrected chi connectivity index (χ3v) is 3.99. The fraction of sp³-hybridized carbons (Fsp3) is 0.533. The van der Waals surface area contributed by atoms with Crippen LogP contribution in [0.4, 0.5) is 5.82 Å². The van der Waals surface area contributed by atoms with Crippen LogP contribution in [-0.4, -0.2) is 28.0 Å². The summed E-state index contributed by atoms with van der Waals surface area (Å²) in [6.45, 7) is 0.290. The first-order valence-corrected chi connectivity index (χ1v) is 7.47. The Morgan fingerprint density at radius 1 is 1.45 bits per heavy atom. The second-order valence-corrected chi connectivity index (χ2v) is 5.63. The van der Waals surface area contributed by atoms with E-state index >= 15 is 0 Å². The van der Waals surface area contributed by atoms with Crippen LogP contribution < -0.4 is 5.32 Å². The van der Waals surface area contributed by atoms with Gasteiger partial charge in [0.1, 0.15) is 12.4 Å². The Morgan fingerprint density at radius 2 is 2.23 bits per heavy atom. The lowest BCUT2D eigenvalue weighted by atomic mass is 10.0. The summed E-state index contributed by atoms with van der Waals surface area (Å²) in [6, 6.07) is 3.52. The second-order valence-electron chi connectivity index (χ2n) is 5.63. The monoisotopic (exact) mass is 304 g/mol. The van der Waals surface area contributed by atoms with Crippen molar-refractivity contribution >= 4 is 11.7 Å². The summed E-state index contributed by atoms with van der Waals surface area (Å²) in [5.41, 5.74) is 1.28. The first kappa shape index (κ1) is 14.8. The number of nitrogens with one attached hydrogen (secondary N) is 1. The van der Waals surface area contributed by atoms with Crippen molar-refractivity contribution in [1.82, 2.24) is 14.9 Å². The molecule has 0 aliphatic heterocycles. The van der Waals surface area contributed by atoms with Crippen LogP contribution in [0.3, 0.4) is 0 Å². The van der Waals surface area contributed by atoms with Gasteiger partial charge in [-0.05, 0) is 12.8 Å². The quantitative estimate of drug-likeness (QED) is 0.917. The van der Waals surface area contributed by atoms with Crippen LogP contribution in [0.2, 0.25) is 0 Å². The average molecular weight is 304 g/mol. The zero-order chi connectivity index (χ0) is 15.5. The van der Waals surface area contributed by atoms with Crippen LogP contribution in [0, 0.1) is 0 Å². The van der Waals surface area contributed by atoms with Gasteiger partial charge in [0.2, 0.25) is 0 Å². The number of anilines is 1. The molecule has 22 heavy (non-hydrogen) atoms. The standard InChI is InChI=1S/C15H20N4O3/c1-19-14(8-12(17-19)10-5-3-4-6-10)16-15(20)13-7-11(9-21-2)22-18-13/h7-8,10H,3-6,9H2,1-2H3,(H,16,20). The zero-order valence-corrected chi connectivity index (χ0v) is 12.8. The average Bonchev–Trinajstić information content (AvgIpc) is 3.21. The fourth-order valence-electron chi connectivity index (χ4n) is 2.84. The molecule has 2 heterocycles. The highest BCUT2D eigenvalue weighted by Crippen LogP contribution is 2.34. The molecule has 3 rings (SSSR count). The highest BCUT2D eigenvalue weighted by Gasteiger charge is 2.22. The van der Waals surface area contributed by atoms with Crippen molar-refractivity contribution in [3.05, 3.63) is 29.3 Å². The SMILES string of the molecule is COCc1cc(C(=O)Nc2cc(C3CCCC3)nn2C)no1. The van der Waals surface area contributed by atoms with Gasteiger partial charge in [0, 0.05) is 32.2 Å². The number of carbonyl (C=O) groups excluding carboxylic acids is 1. The Kier molecular flexibility index (Phi) is 4.24. The number of aromatic nitrogens is 3. The molecule has 2 aromatic heterocycles. The summed E-state index contributed by atoms with van der Waals surface area (Å²) in [6.07, 6.45) is 4.86. The molecule has 0 aromatic carbocycles. The molecule has 0 radical (unpaired) electrons. The molecule has 1 N–H and O–H groups in total. The molecule has 0 bridgehead atoms. The highest BCUT2D eigenvalue weighted by atomic mass is 16.5. The number of methoxy groups -OCH3 is 1. The van der Waals surface area contributed by atoms with E-state index < -0.39 is 0 Å². The van der Waals surface area contributed by atoms with Crippen LogP contribution >= 0.6 is 0 Å². The Labute approximate surface area is 128 Å². The topological polar surface area (TPSA) is 82.2 Å². The van der Waals surface area contributed by atoms with Crippen molar-refractivity contribution < 1.29 is 14.1 Å². The van der Waals surface area contributed by atoms with Crippen LogP contribution in [-0.2, 0) is 18.4 Å². The smallest absolute Gasteiger partial charge is 0.278 e. The normalized spacial score (nSPS) is 15.4. The molecule has 118 valence electrons. The van der Waals surface area contributed by atoms with Gasteiger partial charge in [-0.3, -0.25) is 9.48 Å². The molecular weight excluding hydrogens is 284 g/mol. The molecule has 1 amide bonds. The van der Waals surface area contributed by atoms with Crippen LogP contribution in [0.25, 0.3) is 0 Å². The molecule has 0 atom stereocenters. The minimum atomic E-state index is -0.313. The fourth-order valence-corrected chi connectivity index (χ4v) is 2.84. The van der Waals surface area contributed by atoms with Crippen molar-refractivity contribution in [1.29, 1.82) is 0 Å². The van der Waals surface area contributed by atoms with E-state index in [1.807, 2.05) is 13.1 Å². The van der Waals surface area contributed by atoms with Crippen molar-refractivity contribution in [2.24, 2.45) is 7.05 Å². The maximum atomic E-state index is 12.2. The molecule has 7 nitrogen and oxygen atoms in total. The van der Waals surface area contributed by atoms with E-state index in [1.54, 1.807) is 17.9 Å². The number of amides is 1. The first-order chi connectivity index (χ1) is 10.7. The summed E-state index contributed by atoms with van der Waals surface area (Å²) >= 11 is 0. The molecule has 0 unspecified atom stereocenters. The number of hydrogen-bond donors (Lipinski definition) is 1. The van der Waals surface area contributed by atoms with Crippen molar-refractivity contribution in [2.75, 3.05) is 12.4 Å². The lowest BCUT2D eigenvalue weighted by Gasteiger charge is -2.02. The number of nitrogens with zero attached hydrogens (tertiary/aromatic N) is 3. The largest absolute Gasteiger partial charge is 0.377 e. The lowest BCUT2D eigenvalue weighted by Crippen LogP contribution is -2.14. The predicted octanol–water partition coefficient (Wildman–Crippen LogP) is 2.46.